The Morgan fingerprint density at radius 2 is 1.38 bits per heavy atom. The van der Waals surface area contributed by atoms with Crippen molar-refractivity contribution < 1.29 is 19.1 Å². The van der Waals surface area contributed by atoms with Crippen molar-refractivity contribution in [2.75, 3.05) is 42.8 Å². The highest BCUT2D eigenvalue weighted by atomic mass is 16.5. The van der Waals surface area contributed by atoms with Crippen LogP contribution in [-0.4, -0.2) is 44.5 Å². The highest BCUT2D eigenvalue weighted by Gasteiger charge is 2.06. The molecule has 0 aliphatic rings. The molecule has 0 fully saturated rings. The Morgan fingerprint density at radius 3 is 1.93 bits per heavy atom. The Labute approximate surface area is 170 Å². The second-order valence-corrected chi connectivity index (χ2v) is 6.21. The smallest absolute Gasteiger partial charge is 0.251 e. The number of carbonyl (C=O) groups is 3. The zero-order chi connectivity index (χ0) is 21.1. The van der Waals surface area contributed by atoms with Crippen LogP contribution in [0.2, 0.25) is 0 Å². The molecule has 8 nitrogen and oxygen atoms in total. The third-order valence-electron chi connectivity index (χ3n) is 3.97. The molecule has 0 heterocycles. The standard InChI is InChI=1S/C21H26N4O4/c1-3-19(26)24-17-8-10-18(11-9-17)25-20(27)14-23-16-6-4-15(5-7-16)21(28)22-12-13-29-2/h4-11,23H,3,12-14H2,1-2H3,(H,22,28)(H,24,26)(H,25,27). The molecule has 0 aromatic heterocycles. The summed E-state index contributed by atoms with van der Waals surface area (Å²) in [4.78, 5) is 35.4. The Balaban J connectivity index is 1.78. The Kier molecular flexibility index (Phi) is 8.65. The van der Waals surface area contributed by atoms with Gasteiger partial charge in [-0.1, -0.05) is 6.92 Å². The first-order valence-electron chi connectivity index (χ1n) is 9.32. The third kappa shape index (κ3) is 7.63. The largest absolute Gasteiger partial charge is 0.383 e. The lowest BCUT2D eigenvalue weighted by atomic mass is 10.2. The molecule has 0 atom stereocenters. The van der Waals surface area contributed by atoms with Crippen LogP contribution in [0.15, 0.2) is 48.5 Å². The van der Waals surface area contributed by atoms with Crippen molar-refractivity contribution in [2.45, 2.75) is 13.3 Å². The maximum absolute atomic E-state index is 12.1. The number of anilines is 3. The van der Waals surface area contributed by atoms with Gasteiger partial charge in [-0.2, -0.15) is 0 Å². The van der Waals surface area contributed by atoms with Gasteiger partial charge in [-0.25, -0.2) is 0 Å². The number of nitrogens with one attached hydrogen (secondary N) is 4. The molecule has 2 aromatic rings. The van der Waals surface area contributed by atoms with E-state index in [1.54, 1.807) is 62.6 Å². The Hall–Kier alpha value is -3.39. The summed E-state index contributed by atoms with van der Waals surface area (Å²) in [5, 5.41) is 11.3. The van der Waals surface area contributed by atoms with E-state index in [1.165, 1.54) is 0 Å². The first-order valence-corrected chi connectivity index (χ1v) is 9.32. The molecule has 2 aromatic carbocycles. The number of hydrogen-bond donors (Lipinski definition) is 4. The van der Waals surface area contributed by atoms with Crippen LogP contribution in [0.3, 0.4) is 0 Å². The summed E-state index contributed by atoms with van der Waals surface area (Å²) in [6.07, 6.45) is 0.406. The van der Waals surface area contributed by atoms with Crippen LogP contribution in [0, 0.1) is 0 Å². The highest BCUT2D eigenvalue weighted by molar-refractivity contribution is 5.96. The molecule has 0 bridgehead atoms. The van der Waals surface area contributed by atoms with E-state index in [0.29, 0.717) is 36.5 Å². The maximum atomic E-state index is 12.1. The van der Waals surface area contributed by atoms with E-state index >= 15 is 0 Å². The zero-order valence-electron chi connectivity index (χ0n) is 16.6. The average Bonchev–Trinajstić information content (AvgIpc) is 2.74. The highest BCUT2D eigenvalue weighted by Crippen LogP contribution is 2.14. The normalized spacial score (nSPS) is 10.1. The summed E-state index contributed by atoms with van der Waals surface area (Å²) in [5.74, 6) is -0.453. The van der Waals surface area contributed by atoms with Crippen LogP contribution in [0.1, 0.15) is 23.7 Å². The van der Waals surface area contributed by atoms with Crippen molar-refractivity contribution in [3.63, 3.8) is 0 Å². The van der Waals surface area contributed by atoms with Crippen LogP contribution in [0.4, 0.5) is 17.1 Å². The molecule has 0 aliphatic heterocycles. The fraction of sp³-hybridized carbons (Fsp3) is 0.286. The molecule has 3 amide bonds. The van der Waals surface area contributed by atoms with E-state index in [9.17, 15) is 14.4 Å². The molecule has 4 N–H and O–H groups in total. The molecule has 0 saturated carbocycles. The molecular formula is C21H26N4O4. The molecule has 0 radical (unpaired) electrons. The predicted molar refractivity (Wildman–Crippen MR) is 113 cm³/mol. The van der Waals surface area contributed by atoms with Crippen LogP contribution in [0.5, 0.6) is 0 Å². The Morgan fingerprint density at radius 1 is 0.828 bits per heavy atom. The summed E-state index contributed by atoms with van der Waals surface area (Å²) in [7, 11) is 1.57. The lowest BCUT2D eigenvalue weighted by Crippen LogP contribution is -2.26. The minimum absolute atomic E-state index is 0.0653. The van der Waals surface area contributed by atoms with E-state index in [0.717, 1.165) is 5.69 Å². The van der Waals surface area contributed by atoms with E-state index in [-0.39, 0.29) is 24.3 Å². The number of amides is 3. The maximum Gasteiger partial charge on any atom is 0.251 e. The number of benzene rings is 2. The lowest BCUT2D eigenvalue weighted by Gasteiger charge is -2.10. The minimum atomic E-state index is -0.211. The van der Waals surface area contributed by atoms with Crippen LogP contribution in [-0.2, 0) is 14.3 Å². The molecule has 0 unspecified atom stereocenters. The van der Waals surface area contributed by atoms with Gasteiger partial charge in [0.2, 0.25) is 11.8 Å². The lowest BCUT2D eigenvalue weighted by molar-refractivity contribution is -0.116. The molecule has 0 aliphatic carbocycles. The van der Waals surface area contributed by atoms with Gasteiger partial charge in [-0.15, -0.1) is 0 Å². The SMILES string of the molecule is CCC(=O)Nc1ccc(NC(=O)CNc2ccc(C(=O)NCCOC)cc2)cc1. The van der Waals surface area contributed by atoms with E-state index in [4.69, 9.17) is 4.74 Å². The first kappa shape index (κ1) is 21.9. The van der Waals surface area contributed by atoms with Gasteiger partial charge >= 0.3 is 0 Å². The van der Waals surface area contributed by atoms with Crippen molar-refractivity contribution in [2.24, 2.45) is 0 Å². The van der Waals surface area contributed by atoms with Gasteiger partial charge in [0.25, 0.3) is 5.91 Å². The third-order valence-corrected chi connectivity index (χ3v) is 3.97. The molecule has 154 valence electrons. The van der Waals surface area contributed by atoms with E-state index < -0.39 is 0 Å². The van der Waals surface area contributed by atoms with Gasteiger partial charge in [0, 0.05) is 42.7 Å². The molecule has 0 saturated heterocycles. The topological polar surface area (TPSA) is 109 Å². The molecule has 8 heteroatoms. The summed E-state index contributed by atoms with van der Waals surface area (Å²) in [6, 6.07) is 13.8. The van der Waals surface area contributed by atoms with E-state index in [2.05, 4.69) is 21.3 Å². The minimum Gasteiger partial charge on any atom is -0.383 e. The van der Waals surface area contributed by atoms with Crippen molar-refractivity contribution in [3.05, 3.63) is 54.1 Å². The van der Waals surface area contributed by atoms with Gasteiger partial charge in [0.1, 0.15) is 0 Å². The second-order valence-electron chi connectivity index (χ2n) is 6.21. The molecular weight excluding hydrogens is 372 g/mol. The van der Waals surface area contributed by atoms with Gasteiger partial charge in [-0.3, -0.25) is 14.4 Å². The van der Waals surface area contributed by atoms with Crippen LogP contribution < -0.4 is 21.3 Å². The molecule has 29 heavy (non-hydrogen) atoms. The van der Waals surface area contributed by atoms with Gasteiger partial charge in [0.15, 0.2) is 0 Å². The van der Waals surface area contributed by atoms with Crippen molar-refractivity contribution in [1.82, 2.24) is 5.32 Å². The summed E-state index contributed by atoms with van der Waals surface area (Å²) >= 11 is 0. The number of methoxy groups -OCH3 is 1. The molecule has 0 spiro atoms. The van der Waals surface area contributed by atoms with Crippen LogP contribution in [0.25, 0.3) is 0 Å². The number of hydrogen-bond acceptors (Lipinski definition) is 5. The summed E-state index contributed by atoms with van der Waals surface area (Å²) in [6.45, 7) is 2.76. The quantitative estimate of drug-likeness (QED) is 0.460. The first-order chi connectivity index (χ1) is 14.0. The number of ether oxygens (including phenoxy) is 1. The van der Waals surface area contributed by atoms with Gasteiger partial charge < -0.3 is 26.0 Å². The fourth-order valence-corrected chi connectivity index (χ4v) is 2.38. The number of rotatable bonds is 10. The molecule has 2 rings (SSSR count). The predicted octanol–water partition coefficient (Wildman–Crippen LogP) is 2.46. The van der Waals surface area contributed by atoms with E-state index in [1.807, 2.05) is 0 Å². The fourth-order valence-electron chi connectivity index (χ4n) is 2.38. The zero-order valence-corrected chi connectivity index (χ0v) is 16.6. The van der Waals surface area contributed by atoms with Crippen molar-refractivity contribution in [1.29, 1.82) is 0 Å². The van der Waals surface area contributed by atoms with Crippen molar-refractivity contribution in [3.8, 4) is 0 Å². The van der Waals surface area contributed by atoms with Crippen molar-refractivity contribution >= 4 is 34.8 Å². The summed E-state index contributed by atoms with van der Waals surface area (Å²) < 4.78 is 4.89. The Bertz CT molecular complexity index is 820. The summed E-state index contributed by atoms with van der Waals surface area (Å²) in [5.41, 5.74) is 2.58. The number of carbonyl (C=O) groups excluding carboxylic acids is 3. The monoisotopic (exact) mass is 398 g/mol. The van der Waals surface area contributed by atoms with Gasteiger partial charge in [-0.05, 0) is 48.5 Å². The van der Waals surface area contributed by atoms with Gasteiger partial charge in [0.05, 0.1) is 13.2 Å². The average molecular weight is 398 g/mol. The van der Waals surface area contributed by atoms with Crippen LogP contribution >= 0.6 is 0 Å². The second kappa shape index (κ2) is 11.5.